The maximum atomic E-state index is 15.0. The van der Waals surface area contributed by atoms with E-state index in [-0.39, 0.29) is 10.8 Å². The first-order valence-corrected chi connectivity index (χ1v) is 18.0. The zero-order chi connectivity index (χ0) is 37.1. The highest BCUT2D eigenvalue weighted by Crippen LogP contribution is 2.44. The molecule has 2 saturated heterocycles. The fraction of sp³-hybridized carbons (Fsp3) is 0.250. The Balaban J connectivity index is 0.000000164. The molecule has 3 aliphatic heterocycles. The number of hydrogen-bond donors (Lipinski definition) is 2. The third kappa shape index (κ3) is 7.40. The van der Waals surface area contributed by atoms with Gasteiger partial charge in [0.1, 0.15) is 34.3 Å². The van der Waals surface area contributed by atoms with Crippen molar-refractivity contribution in [3.8, 4) is 10.4 Å². The van der Waals surface area contributed by atoms with E-state index in [0.29, 0.717) is 45.6 Å². The van der Waals surface area contributed by atoms with Gasteiger partial charge in [-0.05, 0) is 73.9 Å². The Bertz CT molecular complexity index is 2140. The van der Waals surface area contributed by atoms with E-state index >= 15 is 4.39 Å². The van der Waals surface area contributed by atoms with Crippen LogP contribution in [0.1, 0.15) is 48.8 Å². The fourth-order valence-corrected chi connectivity index (χ4v) is 8.08. The monoisotopic (exact) mass is 739 g/mol. The number of pyridine rings is 1. The van der Waals surface area contributed by atoms with Gasteiger partial charge >= 0.3 is 0 Å². The molecule has 1 spiro atoms. The number of fused-ring (bicyclic) bond motifs is 3. The Morgan fingerprint density at radius 3 is 2.32 bits per heavy atom. The summed E-state index contributed by atoms with van der Waals surface area (Å²) < 4.78 is 48.1. The van der Waals surface area contributed by atoms with Gasteiger partial charge in [0.15, 0.2) is 5.82 Å². The van der Waals surface area contributed by atoms with Crippen LogP contribution in [0, 0.1) is 22.9 Å². The molecule has 8 rings (SSSR count). The molecule has 0 saturated carbocycles. The molecule has 272 valence electrons. The third-order valence-corrected chi connectivity index (χ3v) is 11.1. The zero-order valence-corrected chi connectivity index (χ0v) is 29.7. The number of rotatable bonds is 6. The van der Waals surface area contributed by atoms with Crippen molar-refractivity contribution in [2.45, 2.75) is 19.3 Å². The van der Waals surface area contributed by atoms with Gasteiger partial charge in [0.05, 0.1) is 5.56 Å². The number of aldehydes is 1. The van der Waals surface area contributed by atoms with Crippen molar-refractivity contribution in [1.82, 2.24) is 4.98 Å². The number of carbonyl (C=O) groups is 3. The summed E-state index contributed by atoms with van der Waals surface area (Å²) in [6.07, 6.45) is 5.08. The smallest absolute Gasteiger partial charge is 0.268 e. The van der Waals surface area contributed by atoms with Crippen molar-refractivity contribution in [2.24, 2.45) is 5.41 Å². The quantitative estimate of drug-likeness (QED) is 0.171. The van der Waals surface area contributed by atoms with E-state index in [4.69, 9.17) is 4.74 Å². The van der Waals surface area contributed by atoms with Crippen LogP contribution in [0.5, 0.6) is 0 Å². The highest BCUT2D eigenvalue weighted by Gasteiger charge is 2.45. The van der Waals surface area contributed by atoms with Crippen molar-refractivity contribution in [2.75, 3.05) is 60.3 Å². The molecule has 2 N–H and O–H groups in total. The van der Waals surface area contributed by atoms with Gasteiger partial charge in [-0.2, -0.15) is 0 Å². The Morgan fingerprint density at radius 1 is 0.887 bits per heavy atom. The first kappa shape index (κ1) is 35.9. The van der Waals surface area contributed by atoms with Gasteiger partial charge in [0.2, 0.25) is 0 Å². The van der Waals surface area contributed by atoms with Crippen molar-refractivity contribution in [1.29, 1.82) is 0 Å². The summed E-state index contributed by atoms with van der Waals surface area (Å²) >= 11 is 1.00. The number of anilines is 4. The standard InChI is InChI=1S/C20H15F3N2OS.C20H21N3O3/c1-25-10-9-12-16(23)19(27-18(12)11-5-2-3-8-15(11)25)20(26)24-17-13(21)6-4-7-14(17)22;24-12-15-3-5-16(6-4-15)22-19(25)17-2-1-9-21-18(17)23-13-20(14-23)7-10-26-11-8-20/h2-8H,9-10H2,1H3,(H,24,26);1-6,9,12H,7-8,10-11,13-14H2,(H,22,25). The molecule has 5 heterocycles. The van der Waals surface area contributed by atoms with E-state index in [2.05, 4.69) is 20.5 Å². The number of hydrogen-bond acceptors (Lipinski definition) is 8. The van der Waals surface area contributed by atoms with E-state index < -0.39 is 29.0 Å². The van der Waals surface area contributed by atoms with E-state index in [1.54, 1.807) is 42.6 Å². The van der Waals surface area contributed by atoms with Crippen LogP contribution in [0.15, 0.2) is 85.1 Å². The Labute approximate surface area is 308 Å². The second-order valence-electron chi connectivity index (χ2n) is 13.3. The number of halogens is 3. The minimum Gasteiger partial charge on any atom is -0.381 e. The zero-order valence-electron chi connectivity index (χ0n) is 28.8. The number of nitrogens with one attached hydrogen (secondary N) is 2. The number of thiophene rings is 1. The lowest BCUT2D eigenvalue weighted by Crippen LogP contribution is -2.59. The number of ether oxygens (including phenoxy) is 1. The summed E-state index contributed by atoms with van der Waals surface area (Å²) in [5.41, 5.74) is 3.77. The highest BCUT2D eigenvalue weighted by molar-refractivity contribution is 7.17. The van der Waals surface area contributed by atoms with Gasteiger partial charge in [-0.1, -0.05) is 24.3 Å². The van der Waals surface area contributed by atoms with Crippen LogP contribution in [-0.4, -0.2) is 63.0 Å². The Kier molecular flexibility index (Phi) is 10.3. The van der Waals surface area contributed by atoms with Crippen LogP contribution in [0.3, 0.4) is 0 Å². The second kappa shape index (κ2) is 15.2. The van der Waals surface area contributed by atoms with Gasteiger partial charge in [0.25, 0.3) is 11.8 Å². The maximum Gasteiger partial charge on any atom is 0.268 e. The Hall–Kier alpha value is -5.53. The number of para-hydroxylation sites is 2. The minimum absolute atomic E-state index is 0.179. The molecule has 9 nitrogen and oxygen atoms in total. The van der Waals surface area contributed by atoms with Crippen molar-refractivity contribution < 1.29 is 32.3 Å². The SMILES string of the molecule is CN1CCc2c(sc(C(=O)Nc3c(F)cccc3F)c2F)-c2ccccc21.O=Cc1ccc(NC(=O)c2cccnc2N2CC3(CCOCC3)C2)cc1. The van der Waals surface area contributed by atoms with Gasteiger partial charge in [-0.15, -0.1) is 11.3 Å². The molecule has 0 unspecified atom stereocenters. The number of nitrogens with zero attached hydrogens (tertiary/aromatic N) is 3. The predicted molar refractivity (Wildman–Crippen MR) is 200 cm³/mol. The molecule has 3 aromatic carbocycles. The molecule has 53 heavy (non-hydrogen) atoms. The molecule has 2 amide bonds. The highest BCUT2D eigenvalue weighted by atomic mass is 32.1. The first-order chi connectivity index (χ1) is 25.7. The second-order valence-corrected chi connectivity index (χ2v) is 14.3. The largest absolute Gasteiger partial charge is 0.381 e. The van der Waals surface area contributed by atoms with Crippen molar-refractivity contribution in [3.63, 3.8) is 0 Å². The van der Waals surface area contributed by atoms with Gasteiger partial charge in [0, 0.05) is 84.4 Å². The Morgan fingerprint density at radius 2 is 1.60 bits per heavy atom. The molecule has 0 aliphatic carbocycles. The predicted octanol–water partition coefficient (Wildman–Crippen LogP) is 7.84. The normalized spacial score (nSPS) is 15.5. The van der Waals surface area contributed by atoms with E-state index in [1.165, 1.54) is 6.07 Å². The van der Waals surface area contributed by atoms with Gasteiger partial charge in [-0.25, -0.2) is 18.2 Å². The molecule has 3 aliphatic rings. The van der Waals surface area contributed by atoms with Crippen LogP contribution in [-0.2, 0) is 11.2 Å². The lowest BCUT2D eigenvalue weighted by atomic mass is 9.73. The van der Waals surface area contributed by atoms with Gasteiger partial charge < -0.3 is 25.2 Å². The average molecular weight is 740 g/mol. The molecule has 0 atom stereocenters. The molecule has 5 aromatic rings. The summed E-state index contributed by atoms with van der Waals surface area (Å²) in [5, 5.41) is 5.05. The lowest BCUT2D eigenvalue weighted by Gasteiger charge is -2.53. The van der Waals surface area contributed by atoms with E-state index in [9.17, 15) is 23.2 Å². The minimum atomic E-state index is -0.908. The van der Waals surface area contributed by atoms with Gasteiger partial charge in [-0.3, -0.25) is 14.4 Å². The van der Waals surface area contributed by atoms with Crippen molar-refractivity contribution >= 4 is 52.3 Å². The molecule has 0 radical (unpaired) electrons. The average Bonchev–Trinajstić information content (AvgIpc) is 3.43. The van der Waals surface area contributed by atoms with Crippen LogP contribution in [0.4, 0.5) is 36.1 Å². The number of benzene rings is 3. The number of amides is 2. The summed E-state index contributed by atoms with van der Waals surface area (Å²) in [7, 11) is 1.93. The fourth-order valence-electron chi connectivity index (χ4n) is 6.92. The van der Waals surface area contributed by atoms with Crippen LogP contribution >= 0.6 is 11.3 Å². The van der Waals surface area contributed by atoms with Crippen LogP contribution < -0.4 is 20.4 Å². The molecule has 0 bridgehead atoms. The number of aromatic nitrogens is 1. The first-order valence-electron chi connectivity index (χ1n) is 17.2. The molecular weight excluding hydrogens is 704 g/mol. The van der Waals surface area contributed by atoms with E-state index in [0.717, 1.165) is 86.0 Å². The number of likely N-dealkylation sites (N-methyl/N-ethyl adjacent to an activating group) is 1. The summed E-state index contributed by atoms with van der Waals surface area (Å²) in [6.45, 7) is 4.07. The summed E-state index contributed by atoms with van der Waals surface area (Å²) in [4.78, 5) is 45.2. The summed E-state index contributed by atoms with van der Waals surface area (Å²) in [6, 6.07) is 21.2. The van der Waals surface area contributed by atoms with Crippen LogP contribution in [0.2, 0.25) is 0 Å². The molecular formula is C40H36F3N5O4S. The number of carbonyl (C=O) groups excluding carboxylic acids is 3. The van der Waals surface area contributed by atoms with Crippen molar-refractivity contribution in [3.05, 3.63) is 124 Å². The summed E-state index contributed by atoms with van der Waals surface area (Å²) in [5.74, 6) is -2.77. The van der Waals surface area contributed by atoms with Crippen LogP contribution in [0.25, 0.3) is 10.4 Å². The molecule has 13 heteroatoms. The van der Waals surface area contributed by atoms with E-state index in [1.807, 2.05) is 36.2 Å². The molecule has 2 fully saturated rings. The topological polar surface area (TPSA) is 104 Å². The lowest BCUT2D eigenvalue weighted by molar-refractivity contribution is -0.000510. The molecule has 2 aromatic heterocycles. The third-order valence-electron chi connectivity index (χ3n) is 9.85. The maximum absolute atomic E-state index is 15.0.